The predicted octanol–water partition coefficient (Wildman–Crippen LogP) is 1.92. The molecule has 8 nitrogen and oxygen atoms in total. The fourth-order valence-electron chi connectivity index (χ4n) is 3.51. The van der Waals surface area contributed by atoms with Gasteiger partial charge < -0.3 is 4.74 Å². The first-order valence-electron chi connectivity index (χ1n) is 8.30. The Kier molecular flexibility index (Phi) is 3.38. The molecule has 1 unspecified atom stereocenters. The average molecular weight is 371 g/mol. The molecule has 4 heterocycles. The van der Waals surface area contributed by atoms with E-state index in [1.54, 1.807) is 24.1 Å². The van der Waals surface area contributed by atoms with Crippen molar-refractivity contribution in [1.29, 1.82) is 0 Å². The highest BCUT2D eigenvalue weighted by molar-refractivity contribution is 6.35. The zero-order chi connectivity index (χ0) is 17.8. The topological polar surface area (TPSA) is 79.2 Å². The lowest BCUT2D eigenvalue weighted by Crippen LogP contribution is -2.20. The van der Waals surface area contributed by atoms with Crippen LogP contribution in [0.15, 0.2) is 35.5 Å². The molecule has 1 atom stereocenters. The average Bonchev–Trinajstić information content (AvgIpc) is 3.38. The van der Waals surface area contributed by atoms with Crippen LogP contribution in [-0.2, 0) is 11.8 Å². The van der Waals surface area contributed by atoms with Gasteiger partial charge in [0.2, 0.25) is 0 Å². The number of benzene rings is 1. The summed E-state index contributed by atoms with van der Waals surface area (Å²) in [4.78, 5) is 17.3. The number of fused-ring (bicyclic) bond motifs is 3. The quantitative estimate of drug-likeness (QED) is 0.538. The first-order chi connectivity index (χ1) is 12.6. The van der Waals surface area contributed by atoms with E-state index < -0.39 is 0 Å². The number of aryl methyl sites for hydroxylation is 1. The lowest BCUT2D eigenvalue weighted by atomic mass is 10.1. The van der Waals surface area contributed by atoms with Gasteiger partial charge in [0, 0.05) is 19.6 Å². The molecular weight excluding hydrogens is 356 g/mol. The van der Waals surface area contributed by atoms with E-state index >= 15 is 0 Å². The molecule has 0 N–H and O–H groups in total. The number of rotatable bonds is 2. The fraction of sp³-hybridized carbons (Fsp3) is 0.294. The van der Waals surface area contributed by atoms with E-state index in [1.165, 1.54) is 4.57 Å². The number of ether oxygens (including phenoxy) is 1. The highest BCUT2D eigenvalue weighted by Crippen LogP contribution is 2.26. The summed E-state index contributed by atoms with van der Waals surface area (Å²) in [5.41, 5.74) is 2.03. The smallest absolute Gasteiger partial charge is 0.262 e. The van der Waals surface area contributed by atoms with Gasteiger partial charge in [0.1, 0.15) is 6.33 Å². The molecule has 5 rings (SSSR count). The summed E-state index contributed by atoms with van der Waals surface area (Å²) in [5, 5.41) is 9.37. The number of hydrogen-bond donors (Lipinski definition) is 0. The molecule has 0 aliphatic carbocycles. The molecule has 1 aromatic carbocycles. The summed E-state index contributed by atoms with van der Waals surface area (Å²) in [5.74, 6) is 0.797. The Hall–Kier alpha value is -2.71. The number of nitrogens with zero attached hydrogens (tertiary/aromatic N) is 6. The van der Waals surface area contributed by atoms with Crippen molar-refractivity contribution in [2.75, 3.05) is 13.2 Å². The summed E-state index contributed by atoms with van der Waals surface area (Å²) in [6.45, 7) is 1.40. The van der Waals surface area contributed by atoms with Crippen molar-refractivity contribution in [2.24, 2.45) is 7.05 Å². The highest BCUT2D eigenvalue weighted by atomic mass is 35.5. The van der Waals surface area contributed by atoms with Crippen LogP contribution in [0.2, 0.25) is 5.02 Å². The largest absolute Gasteiger partial charge is 0.381 e. The molecule has 0 saturated carbocycles. The van der Waals surface area contributed by atoms with E-state index in [0.717, 1.165) is 18.7 Å². The van der Waals surface area contributed by atoms with Crippen molar-refractivity contribution in [2.45, 2.75) is 12.3 Å². The molecule has 26 heavy (non-hydrogen) atoms. The first-order valence-corrected chi connectivity index (χ1v) is 8.67. The van der Waals surface area contributed by atoms with Crippen LogP contribution in [0.1, 0.15) is 18.0 Å². The number of imidazole rings is 1. The molecule has 0 amide bonds. The number of aromatic nitrogens is 6. The summed E-state index contributed by atoms with van der Waals surface area (Å²) < 4.78 is 10.4. The van der Waals surface area contributed by atoms with Crippen molar-refractivity contribution in [1.82, 2.24) is 28.9 Å². The molecule has 1 aliphatic rings. The lowest BCUT2D eigenvalue weighted by molar-refractivity contribution is 0.193. The third kappa shape index (κ3) is 2.12. The van der Waals surface area contributed by atoms with Gasteiger partial charge in [0.25, 0.3) is 5.56 Å². The lowest BCUT2D eigenvalue weighted by Gasteiger charge is -2.09. The zero-order valence-electron chi connectivity index (χ0n) is 14.0. The van der Waals surface area contributed by atoms with Crippen molar-refractivity contribution < 1.29 is 4.74 Å². The van der Waals surface area contributed by atoms with Gasteiger partial charge in [0.15, 0.2) is 11.5 Å². The van der Waals surface area contributed by atoms with Gasteiger partial charge in [-0.05, 0) is 18.6 Å². The summed E-state index contributed by atoms with van der Waals surface area (Å²) in [7, 11) is 1.70. The Balaban J connectivity index is 1.75. The van der Waals surface area contributed by atoms with Gasteiger partial charge in [-0.2, -0.15) is 4.68 Å². The van der Waals surface area contributed by atoms with Crippen molar-refractivity contribution in [3.63, 3.8) is 0 Å². The maximum absolute atomic E-state index is 12.8. The molecule has 4 aromatic rings. The minimum absolute atomic E-state index is 0.176. The zero-order valence-corrected chi connectivity index (χ0v) is 14.7. The van der Waals surface area contributed by atoms with Gasteiger partial charge >= 0.3 is 0 Å². The van der Waals surface area contributed by atoms with E-state index in [0.29, 0.717) is 34.0 Å². The van der Waals surface area contributed by atoms with Crippen LogP contribution in [0.4, 0.5) is 0 Å². The minimum atomic E-state index is -0.176. The van der Waals surface area contributed by atoms with Crippen LogP contribution in [-0.4, -0.2) is 42.2 Å². The molecular formula is C17H15ClN6O2. The van der Waals surface area contributed by atoms with E-state index in [4.69, 9.17) is 16.3 Å². The summed E-state index contributed by atoms with van der Waals surface area (Å²) >= 11 is 6.25. The van der Waals surface area contributed by atoms with Gasteiger partial charge in [-0.1, -0.05) is 22.9 Å². The Labute approximate surface area is 152 Å². The third-order valence-electron chi connectivity index (χ3n) is 4.89. The summed E-state index contributed by atoms with van der Waals surface area (Å²) in [6, 6.07) is 5.38. The molecule has 1 fully saturated rings. The molecule has 0 radical (unpaired) electrons. The predicted molar refractivity (Wildman–Crippen MR) is 96.0 cm³/mol. The minimum Gasteiger partial charge on any atom is -0.381 e. The maximum Gasteiger partial charge on any atom is 0.262 e. The van der Waals surface area contributed by atoms with E-state index in [9.17, 15) is 4.79 Å². The summed E-state index contributed by atoms with van der Waals surface area (Å²) in [6.07, 6.45) is 4.46. The Morgan fingerprint density at radius 2 is 2.23 bits per heavy atom. The number of halogens is 1. The standard InChI is InChI=1S/C17H15ClN6O2/c1-22-16-15(24-7-12(20-21-24)10-5-6-26-8-10)19-9-23(16)13-4-2-3-11(18)14(13)17(22)25/h2-4,7,9-10H,5-6,8H2,1H3. The monoisotopic (exact) mass is 370 g/mol. The second-order valence-corrected chi connectivity index (χ2v) is 6.82. The first kappa shape index (κ1) is 15.5. The second-order valence-electron chi connectivity index (χ2n) is 6.41. The van der Waals surface area contributed by atoms with E-state index in [2.05, 4.69) is 15.3 Å². The van der Waals surface area contributed by atoms with E-state index in [-0.39, 0.29) is 11.5 Å². The maximum atomic E-state index is 12.8. The van der Waals surface area contributed by atoms with Gasteiger partial charge in [-0.15, -0.1) is 5.10 Å². The fourth-order valence-corrected chi connectivity index (χ4v) is 3.76. The van der Waals surface area contributed by atoms with Gasteiger partial charge in [0.05, 0.1) is 34.4 Å². The SMILES string of the molecule is Cn1c(=O)c2c(Cl)cccc2n2cnc(-n3cc(C4CCOC4)nn3)c12. The van der Waals surface area contributed by atoms with Crippen molar-refractivity contribution in [3.8, 4) is 5.82 Å². The molecule has 9 heteroatoms. The number of hydrogen-bond acceptors (Lipinski definition) is 5. The van der Waals surface area contributed by atoms with Crippen LogP contribution >= 0.6 is 11.6 Å². The van der Waals surface area contributed by atoms with Crippen LogP contribution in [0, 0.1) is 0 Å². The van der Waals surface area contributed by atoms with E-state index in [1.807, 2.05) is 22.7 Å². The van der Waals surface area contributed by atoms with Crippen LogP contribution in [0.3, 0.4) is 0 Å². The molecule has 1 aliphatic heterocycles. The Bertz CT molecular complexity index is 1200. The van der Waals surface area contributed by atoms with Crippen LogP contribution < -0.4 is 5.56 Å². The molecule has 132 valence electrons. The van der Waals surface area contributed by atoms with Crippen molar-refractivity contribution >= 4 is 28.2 Å². The Morgan fingerprint density at radius 3 is 3.04 bits per heavy atom. The second kappa shape index (κ2) is 5.65. The highest BCUT2D eigenvalue weighted by Gasteiger charge is 2.23. The van der Waals surface area contributed by atoms with Crippen molar-refractivity contribution in [3.05, 3.63) is 51.8 Å². The van der Waals surface area contributed by atoms with Crippen LogP contribution in [0.5, 0.6) is 0 Å². The molecule has 0 spiro atoms. The molecule has 0 bridgehead atoms. The Morgan fingerprint density at radius 1 is 1.35 bits per heavy atom. The van der Waals surface area contributed by atoms with Crippen LogP contribution in [0.25, 0.3) is 22.4 Å². The molecule has 1 saturated heterocycles. The molecule has 3 aromatic heterocycles. The third-order valence-corrected chi connectivity index (χ3v) is 5.20. The van der Waals surface area contributed by atoms with Gasteiger partial charge in [-0.3, -0.25) is 13.8 Å². The van der Waals surface area contributed by atoms with Gasteiger partial charge in [-0.25, -0.2) is 4.98 Å². The normalized spacial score (nSPS) is 17.5.